The summed E-state index contributed by atoms with van der Waals surface area (Å²) in [5.41, 5.74) is 3.97. The van der Waals surface area contributed by atoms with Gasteiger partial charge in [0.15, 0.2) is 17.2 Å². The highest BCUT2D eigenvalue weighted by atomic mass is 16.5. The summed E-state index contributed by atoms with van der Waals surface area (Å²) >= 11 is 0. The number of aryl methyl sites for hydroxylation is 1. The van der Waals surface area contributed by atoms with E-state index in [0.717, 1.165) is 22.4 Å². The van der Waals surface area contributed by atoms with Gasteiger partial charge < -0.3 is 19.5 Å². The van der Waals surface area contributed by atoms with Crippen molar-refractivity contribution in [3.05, 3.63) is 29.0 Å². The number of hydrogen-bond donors (Lipinski definition) is 1. The minimum atomic E-state index is -0.737. The van der Waals surface area contributed by atoms with Gasteiger partial charge >= 0.3 is 5.97 Å². The number of benzene rings is 1. The number of esters is 1. The van der Waals surface area contributed by atoms with Crippen LogP contribution in [0.25, 0.3) is 11.3 Å². The van der Waals surface area contributed by atoms with Crippen LogP contribution in [0.4, 0.5) is 0 Å². The minimum Gasteiger partial charge on any atom is -0.493 e. The molecule has 1 N–H and O–H groups in total. The molecule has 0 unspecified atom stereocenters. The van der Waals surface area contributed by atoms with Gasteiger partial charge in [-0.25, -0.2) is 4.79 Å². The van der Waals surface area contributed by atoms with Gasteiger partial charge in [-0.15, -0.1) is 0 Å². The van der Waals surface area contributed by atoms with E-state index < -0.39 is 17.9 Å². The molecule has 0 saturated carbocycles. The monoisotopic (exact) mass is 387 g/mol. The number of carbonyl (C=O) groups excluding carboxylic acids is 2. The van der Waals surface area contributed by atoms with E-state index in [1.54, 1.807) is 25.9 Å². The fourth-order valence-corrected chi connectivity index (χ4v) is 3.57. The molecule has 1 aromatic heterocycles. The van der Waals surface area contributed by atoms with Crippen LogP contribution in [-0.4, -0.2) is 49.0 Å². The van der Waals surface area contributed by atoms with E-state index >= 15 is 0 Å². The van der Waals surface area contributed by atoms with Gasteiger partial charge in [-0.1, -0.05) is 13.8 Å². The lowest BCUT2D eigenvalue weighted by molar-refractivity contribution is -0.144. The smallest absolute Gasteiger partial charge is 0.328 e. The number of nitrogens with zero attached hydrogens (tertiary/aromatic N) is 2. The van der Waals surface area contributed by atoms with E-state index in [1.807, 2.05) is 26.0 Å². The lowest BCUT2D eigenvalue weighted by Crippen LogP contribution is -2.45. The standard InChI is InChI=1S/C20H25N3O5/c1-10(2)16(20(25)28-6)21-19(24)17-13-7-11-8-14(26-4)15(27-5)9-12(11)18(13)23(3)22-17/h8-10,16H,7H2,1-6H3,(H,21,24)/t16-/m0/s1. The second-order valence-corrected chi connectivity index (χ2v) is 7.06. The first kappa shape index (κ1) is 19.7. The quantitative estimate of drug-likeness (QED) is 0.650. The summed E-state index contributed by atoms with van der Waals surface area (Å²) in [6.45, 7) is 3.69. The fourth-order valence-electron chi connectivity index (χ4n) is 3.57. The second kappa shape index (κ2) is 7.53. The molecule has 2 aromatic rings. The zero-order valence-corrected chi connectivity index (χ0v) is 17.0. The van der Waals surface area contributed by atoms with Crippen molar-refractivity contribution in [3.8, 4) is 22.8 Å². The maximum atomic E-state index is 12.9. The van der Waals surface area contributed by atoms with Crippen LogP contribution in [0.1, 0.15) is 35.5 Å². The van der Waals surface area contributed by atoms with Crippen molar-refractivity contribution in [1.82, 2.24) is 15.1 Å². The Kier molecular flexibility index (Phi) is 5.31. The number of aromatic nitrogens is 2. The van der Waals surface area contributed by atoms with E-state index in [1.165, 1.54) is 7.11 Å². The SMILES string of the molecule is COC(=O)[C@@H](NC(=O)c1nn(C)c2c1Cc1cc(OC)c(OC)cc1-2)C(C)C. The van der Waals surface area contributed by atoms with Gasteiger partial charge in [-0.2, -0.15) is 5.10 Å². The topological polar surface area (TPSA) is 91.7 Å². The lowest BCUT2D eigenvalue weighted by Gasteiger charge is -2.19. The third-order valence-corrected chi connectivity index (χ3v) is 5.00. The van der Waals surface area contributed by atoms with Gasteiger partial charge in [0, 0.05) is 24.6 Å². The Morgan fingerprint density at radius 1 is 1.14 bits per heavy atom. The normalized spacial score (nSPS) is 13.0. The molecule has 1 amide bonds. The Hall–Kier alpha value is -3.03. The Balaban J connectivity index is 1.98. The van der Waals surface area contributed by atoms with Crippen LogP contribution < -0.4 is 14.8 Å². The molecule has 1 aliphatic rings. The molecule has 0 saturated heterocycles. The number of methoxy groups -OCH3 is 3. The number of carbonyl (C=O) groups is 2. The summed E-state index contributed by atoms with van der Waals surface area (Å²) in [4.78, 5) is 24.9. The second-order valence-electron chi connectivity index (χ2n) is 7.06. The highest BCUT2D eigenvalue weighted by molar-refractivity contribution is 5.99. The van der Waals surface area contributed by atoms with Crippen LogP contribution in [0.2, 0.25) is 0 Å². The zero-order valence-electron chi connectivity index (χ0n) is 17.0. The van der Waals surface area contributed by atoms with Gasteiger partial charge in [0.05, 0.1) is 27.0 Å². The largest absolute Gasteiger partial charge is 0.493 e. The molecule has 1 aliphatic carbocycles. The minimum absolute atomic E-state index is 0.112. The predicted octanol–water partition coefficient (Wildman–Crippen LogP) is 1.94. The van der Waals surface area contributed by atoms with Crippen molar-refractivity contribution in [3.63, 3.8) is 0 Å². The van der Waals surface area contributed by atoms with Gasteiger partial charge in [0.1, 0.15) is 6.04 Å². The molecule has 0 radical (unpaired) electrons. The third-order valence-electron chi connectivity index (χ3n) is 5.00. The first-order chi connectivity index (χ1) is 13.3. The summed E-state index contributed by atoms with van der Waals surface area (Å²) in [7, 11) is 6.27. The van der Waals surface area contributed by atoms with Gasteiger partial charge in [0.2, 0.25) is 0 Å². The average Bonchev–Trinajstić information content (AvgIpc) is 3.20. The lowest BCUT2D eigenvalue weighted by atomic mass is 10.0. The number of hydrogen-bond acceptors (Lipinski definition) is 6. The van der Waals surface area contributed by atoms with Crippen LogP contribution in [0.5, 0.6) is 11.5 Å². The molecule has 3 rings (SSSR count). The van der Waals surface area contributed by atoms with Gasteiger partial charge in [-0.3, -0.25) is 9.48 Å². The predicted molar refractivity (Wildman–Crippen MR) is 103 cm³/mol. The first-order valence-electron chi connectivity index (χ1n) is 9.02. The average molecular weight is 387 g/mol. The molecule has 8 nitrogen and oxygen atoms in total. The molecule has 28 heavy (non-hydrogen) atoms. The van der Waals surface area contributed by atoms with Crippen LogP contribution in [0, 0.1) is 5.92 Å². The Bertz CT molecular complexity index is 932. The molecule has 150 valence electrons. The van der Waals surface area contributed by atoms with Gasteiger partial charge in [-0.05, 0) is 23.6 Å². The molecular formula is C20H25N3O5. The van der Waals surface area contributed by atoms with Crippen LogP contribution in [0.15, 0.2) is 12.1 Å². The van der Waals surface area contributed by atoms with Crippen LogP contribution in [-0.2, 0) is 23.0 Å². The van der Waals surface area contributed by atoms with Crippen molar-refractivity contribution in [1.29, 1.82) is 0 Å². The molecule has 8 heteroatoms. The van der Waals surface area contributed by atoms with Crippen molar-refractivity contribution in [2.24, 2.45) is 13.0 Å². The zero-order chi connectivity index (χ0) is 20.6. The molecule has 0 fully saturated rings. The summed E-state index contributed by atoms with van der Waals surface area (Å²) < 4.78 is 17.3. The summed E-state index contributed by atoms with van der Waals surface area (Å²) in [6.07, 6.45) is 0.548. The molecular weight excluding hydrogens is 362 g/mol. The summed E-state index contributed by atoms with van der Waals surface area (Å²) in [6, 6.07) is 3.08. The number of fused-ring (bicyclic) bond motifs is 3. The van der Waals surface area contributed by atoms with E-state index in [0.29, 0.717) is 23.6 Å². The van der Waals surface area contributed by atoms with E-state index in [4.69, 9.17) is 14.2 Å². The summed E-state index contributed by atoms with van der Waals surface area (Å²) in [5.74, 6) is 0.269. The van der Waals surface area contributed by atoms with Crippen molar-refractivity contribution < 1.29 is 23.8 Å². The highest BCUT2D eigenvalue weighted by Gasteiger charge is 2.33. The van der Waals surface area contributed by atoms with Crippen LogP contribution >= 0.6 is 0 Å². The number of amides is 1. The Labute approximate surface area is 163 Å². The molecule has 0 bridgehead atoms. The number of rotatable bonds is 6. The maximum Gasteiger partial charge on any atom is 0.328 e. The molecule has 0 spiro atoms. The maximum absolute atomic E-state index is 12.9. The molecule has 1 atom stereocenters. The van der Waals surface area contributed by atoms with Crippen molar-refractivity contribution in [2.45, 2.75) is 26.3 Å². The number of ether oxygens (including phenoxy) is 3. The van der Waals surface area contributed by atoms with Gasteiger partial charge in [0.25, 0.3) is 5.91 Å². The van der Waals surface area contributed by atoms with Crippen molar-refractivity contribution in [2.75, 3.05) is 21.3 Å². The molecule has 1 heterocycles. The van der Waals surface area contributed by atoms with Crippen molar-refractivity contribution >= 4 is 11.9 Å². The first-order valence-corrected chi connectivity index (χ1v) is 9.02. The molecule has 1 aromatic carbocycles. The van der Waals surface area contributed by atoms with Crippen LogP contribution in [0.3, 0.4) is 0 Å². The Morgan fingerprint density at radius 2 is 1.79 bits per heavy atom. The third kappa shape index (κ3) is 3.19. The van der Waals surface area contributed by atoms with E-state index in [2.05, 4.69) is 10.4 Å². The molecule has 0 aliphatic heterocycles. The highest BCUT2D eigenvalue weighted by Crippen LogP contribution is 2.43. The van der Waals surface area contributed by atoms with E-state index in [-0.39, 0.29) is 5.92 Å². The fraction of sp³-hybridized carbons (Fsp3) is 0.450. The summed E-state index contributed by atoms with van der Waals surface area (Å²) in [5, 5.41) is 7.17. The Morgan fingerprint density at radius 3 is 2.36 bits per heavy atom. The number of nitrogens with one attached hydrogen (secondary N) is 1. The van der Waals surface area contributed by atoms with E-state index in [9.17, 15) is 9.59 Å².